The van der Waals surface area contributed by atoms with E-state index < -0.39 is 5.91 Å². The van der Waals surface area contributed by atoms with Crippen LogP contribution in [0.3, 0.4) is 0 Å². The van der Waals surface area contributed by atoms with Crippen LogP contribution in [0.2, 0.25) is 0 Å². The molecule has 0 aliphatic rings. The van der Waals surface area contributed by atoms with Crippen molar-refractivity contribution < 1.29 is 9.59 Å². The summed E-state index contributed by atoms with van der Waals surface area (Å²) in [5.74, 6) is -0.436. The van der Waals surface area contributed by atoms with Gasteiger partial charge < -0.3 is 10.5 Å². The molecule has 0 radical (unpaired) electrons. The molecule has 0 saturated heterocycles. The van der Waals surface area contributed by atoms with Gasteiger partial charge in [0.1, 0.15) is 6.29 Å². The van der Waals surface area contributed by atoms with E-state index in [1.54, 1.807) is 17.1 Å². The minimum absolute atomic E-state index is 0.0722. The Morgan fingerprint density at radius 2 is 2.00 bits per heavy atom. The summed E-state index contributed by atoms with van der Waals surface area (Å²) < 4.78 is 0. The zero-order valence-electron chi connectivity index (χ0n) is 9.17. The summed E-state index contributed by atoms with van der Waals surface area (Å²) in [5, 5.41) is 3.31. The van der Waals surface area contributed by atoms with Crippen LogP contribution in [0.5, 0.6) is 0 Å². The molecule has 5 heteroatoms. The summed E-state index contributed by atoms with van der Waals surface area (Å²) in [4.78, 5) is 21.4. The Labute approximate surface area is 94.4 Å². The molecule has 5 nitrogen and oxygen atoms in total. The Morgan fingerprint density at radius 1 is 1.38 bits per heavy atom. The smallest absolute Gasteiger partial charge is 0.233 e. The molecule has 0 spiro atoms. The van der Waals surface area contributed by atoms with E-state index in [0.717, 1.165) is 12.0 Å². The van der Waals surface area contributed by atoms with Gasteiger partial charge in [-0.05, 0) is 12.1 Å². The highest BCUT2D eigenvalue weighted by molar-refractivity contribution is 5.76. The lowest BCUT2D eigenvalue weighted by atomic mass is 10.3. The number of carbonyl (C=O) groups excluding carboxylic acids is 2. The first kappa shape index (κ1) is 12.2. The Hall–Kier alpha value is -1.88. The second kappa shape index (κ2) is 5.87. The van der Waals surface area contributed by atoms with E-state index >= 15 is 0 Å². The van der Waals surface area contributed by atoms with Crippen LogP contribution in [-0.4, -0.2) is 37.3 Å². The number of likely N-dealkylation sites (N-methyl/N-ethyl adjacent to an activating group) is 1. The molecular formula is C11H15N3O2. The number of amides is 1. The number of benzene rings is 1. The SMILES string of the molecule is CN(CC(N)=O)N(CC=O)c1ccccc1. The number of primary amides is 1. The van der Waals surface area contributed by atoms with E-state index in [2.05, 4.69) is 0 Å². The average molecular weight is 221 g/mol. The number of hydrazine groups is 1. The summed E-state index contributed by atoms with van der Waals surface area (Å²) in [6.07, 6.45) is 0.782. The van der Waals surface area contributed by atoms with Crippen molar-refractivity contribution in [3.63, 3.8) is 0 Å². The van der Waals surface area contributed by atoms with Crippen molar-refractivity contribution in [1.29, 1.82) is 0 Å². The number of hydrogen-bond donors (Lipinski definition) is 1. The highest BCUT2D eigenvalue weighted by Crippen LogP contribution is 2.13. The van der Waals surface area contributed by atoms with Crippen LogP contribution in [0.15, 0.2) is 30.3 Å². The third kappa shape index (κ3) is 3.36. The van der Waals surface area contributed by atoms with E-state index in [4.69, 9.17) is 5.73 Å². The van der Waals surface area contributed by atoms with Crippen LogP contribution in [0, 0.1) is 0 Å². The van der Waals surface area contributed by atoms with Gasteiger partial charge >= 0.3 is 0 Å². The van der Waals surface area contributed by atoms with Gasteiger partial charge in [-0.3, -0.25) is 9.80 Å². The van der Waals surface area contributed by atoms with Crippen molar-refractivity contribution in [2.75, 3.05) is 25.1 Å². The molecule has 1 rings (SSSR count). The molecule has 0 aliphatic heterocycles. The lowest BCUT2D eigenvalue weighted by Crippen LogP contribution is -2.45. The first-order valence-electron chi connectivity index (χ1n) is 4.90. The maximum Gasteiger partial charge on any atom is 0.233 e. The standard InChI is InChI=1S/C11H15N3O2/c1-13(9-11(12)16)14(7-8-15)10-5-3-2-4-6-10/h2-6,8H,7,9H2,1H3,(H2,12,16). The molecule has 1 aromatic rings. The lowest BCUT2D eigenvalue weighted by molar-refractivity contribution is -0.119. The van der Waals surface area contributed by atoms with Gasteiger partial charge in [0.25, 0.3) is 0 Å². The van der Waals surface area contributed by atoms with Gasteiger partial charge in [-0.2, -0.15) is 0 Å². The molecule has 0 aromatic heterocycles. The van der Waals surface area contributed by atoms with Crippen LogP contribution >= 0.6 is 0 Å². The van der Waals surface area contributed by atoms with E-state index in [9.17, 15) is 9.59 Å². The van der Waals surface area contributed by atoms with E-state index in [-0.39, 0.29) is 13.1 Å². The predicted octanol–water partition coefficient (Wildman–Crippen LogP) is 0.0240. The second-order valence-corrected chi connectivity index (χ2v) is 3.37. The fourth-order valence-corrected chi connectivity index (χ4v) is 1.42. The molecule has 1 aromatic carbocycles. The summed E-state index contributed by atoms with van der Waals surface area (Å²) in [6, 6.07) is 9.34. The largest absolute Gasteiger partial charge is 0.368 e. The van der Waals surface area contributed by atoms with Gasteiger partial charge in [0.15, 0.2) is 0 Å². The van der Waals surface area contributed by atoms with E-state index in [1.807, 2.05) is 30.3 Å². The van der Waals surface area contributed by atoms with Crippen molar-refractivity contribution in [2.45, 2.75) is 0 Å². The molecular weight excluding hydrogens is 206 g/mol. The minimum Gasteiger partial charge on any atom is -0.368 e. The molecule has 0 atom stereocenters. The molecule has 0 fully saturated rings. The van der Waals surface area contributed by atoms with Crippen LogP contribution in [0.25, 0.3) is 0 Å². The maximum absolute atomic E-state index is 10.8. The van der Waals surface area contributed by atoms with Crippen molar-refractivity contribution in [1.82, 2.24) is 5.01 Å². The summed E-state index contributed by atoms with van der Waals surface area (Å²) in [7, 11) is 1.71. The summed E-state index contributed by atoms with van der Waals surface area (Å²) in [5.41, 5.74) is 5.96. The van der Waals surface area contributed by atoms with Gasteiger partial charge in [0.05, 0.1) is 18.8 Å². The Bertz CT molecular complexity index is 354. The summed E-state index contributed by atoms with van der Waals surface area (Å²) in [6.45, 7) is 0.260. The Morgan fingerprint density at radius 3 is 2.50 bits per heavy atom. The van der Waals surface area contributed by atoms with Gasteiger partial charge in [-0.25, -0.2) is 5.01 Å². The number of aldehydes is 1. The highest BCUT2D eigenvalue weighted by atomic mass is 16.1. The van der Waals surface area contributed by atoms with Gasteiger partial charge in [-0.1, -0.05) is 18.2 Å². The van der Waals surface area contributed by atoms with Gasteiger partial charge in [-0.15, -0.1) is 0 Å². The van der Waals surface area contributed by atoms with Crippen LogP contribution in [0.4, 0.5) is 5.69 Å². The molecule has 86 valence electrons. The average Bonchev–Trinajstić information content (AvgIpc) is 2.26. The Kier molecular flexibility index (Phi) is 4.47. The molecule has 0 aliphatic carbocycles. The monoisotopic (exact) mass is 221 g/mol. The van der Waals surface area contributed by atoms with Gasteiger partial charge in [0, 0.05) is 7.05 Å². The number of nitrogens with zero attached hydrogens (tertiary/aromatic N) is 2. The summed E-state index contributed by atoms with van der Waals surface area (Å²) >= 11 is 0. The first-order chi connectivity index (χ1) is 7.65. The molecule has 0 unspecified atom stereocenters. The number of carbonyl (C=O) groups is 2. The van der Waals surface area contributed by atoms with Crippen LogP contribution < -0.4 is 10.7 Å². The number of nitrogens with two attached hydrogens (primary N) is 1. The third-order valence-corrected chi connectivity index (χ3v) is 2.10. The predicted molar refractivity (Wildman–Crippen MR) is 61.7 cm³/mol. The molecule has 0 heterocycles. The lowest BCUT2D eigenvalue weighted by Gasteiger charge is -2.31. The minimum atomic E-state index is -0.436. The van der Waals surface area contributed by atoms with Crippen LogP contribution in [-0.2, 0) is 9.59 Å². The molecule has 16 heavy (non-hydrogen) atoms. The highest BCUT2D eigenvalue weighted by Gasteiger charge is 2.12. The molecule has 1 amide bonds. The normalized spacial score (nSPS) is 10.1. The number of anilines is 1. The zero-order chi connectivity index (χ0) is 12.0. The third-order valence-electron chi connectivity index (χ3n) is 2.10. The van der Waals surface area contributed by atoms with Crippen molar-refractivity contribution in [3.8, 4) is 0 Å². The number of para-hydroxylation sites is 1. The van der Waals surface area contributed by atoms with Crippen LogP contribution in [0.1, 0.15) is 0 Å². The number of rotatable bonds is 6. The van der Waals surface area contributed by atoms with Crippen molar-refractivity contribution in [2.24, 2.45) is 5.73 Å². The number of hydrogen-bond acceptors (Lipinski definition) is 4. The fraction of sp³-hybridized carbons (Fsp3) is 0.273. The topological polar surface area (TPSA) is 66.6 Å². The van der Waals surface area contributed by atoms with Crippen molar-refractivity contribution >= 4 is 17.9 Å². The fourth-order valence-electron chi connectivity index (χ4n) is 1.42. The molecule has 0 saturated carbocycles. The quantitative estimate of drug-likeness (QED) is 0.543. The second-order valence-electron chi connectivity index (χ2n) is 3.37. The van der Waals surface area contributed by atoms with E-state index in [1.165, 1.54) is 0 Å². The van der Waals surface area contributed by atoms with Crippen molar-refractivity contribution in [3.05, 3.63) is 30.3 Å². The molecule has 0 bridgehead atoms. The van der Waals surface area contributed by atoms with E-state index in [0.29, 0.717) is 0 Å². The first-order valence-corrected chi connectivity index (χ1v) is 4.90. The molecule has 2 N–H and O–H groups in total. The van der Waals surface area contributed by atoms with Gasteiger partial charge in [0.2, 0.25) is 5.91 Å². The Balaban J connectivity index is 2.82. The zero-order valence-corrected chi connectivity index (χ0v) is 9.17. The maximum atomic E-state index is 10.8.